The molecule has 0 heterocycles. The van der Waals surface area contributed by atoms with Gasteiger partial charge in [0, 0.05) is 17.2 Å². The molecule has 2 rings (SSSR count). The number of halogens is 1. The molecule has 0 saturated carbocycles. The van der Waals surface area contributed by atoms with E-state index in [-0.39, 0.29) is 5.91 Å². The van der Waals surface area contributed by atoms with Crippen LogP contribution in [0.15, 0.2) is 46.9 Å². The Labute approximate surface area is 131 Å². The van der Waals surface area contributed by atoms with E-state index in [1.807, 2.05) is 6.07 Å². The number of hydrogen-bond donors (Lipinski definition) is 0. The Bertz CT molecular complexity index is 705. The fourth-order valence-corrected chi connectivity index (χ4v) is 2.24. The third kappa shape index (κ3) is 3.23. The number of nitriles is 1. The van der Waals surface area contributed by atoms with Gasteiger partial charge in [-0.15, -0.1) is 0 Å². The average Bonchev–Trinajstić information content (AvgIpc) is 2.53. The van der Waals surface area contributed by atoms with Crippen molar-refractivity contribution in [2.75, 3.05) is 19.1 Å². The zero-order chi connectivity index (χ0) is 15.4. The molecule has 0 bridgehead atoms. The molecule has 21 heavy (non-hydrogen) atoms. The quantitative estimate of drug-likeness (QED) is 0.854. The zero-order valence-corrected chi connectivity index (χ0v) is 13.2. The smallest absolute Gasteiger partial charge is 0.261 e. The van der Waals surface area contributed by atoms with Gasteiger partial charge < -0.3 is 9.64 Å². The molecule has 4 nitrogen and oxygen atoms in total. The van der Waals surface area contributed by atoms with E-state index < -0.39 is 0 Å². The minimum Gasteiger partial charge on any atom is -0.496 e. The lowest BCUT2D eigenvalue weighted by Gasteiger charge is -2.19. The summed E-state index contributed by atoms with van der Waals surface area (Å²) in [6.07, 6.45) is 0. The minimum absolute atomic E-state index is 0.177. The number of carbonyl (C=O) groups excluding carboxylic acids is 1. The van der Waals surface area contributed by atoms with Gasteiger partial charge in [0.2, 0.25) is 0 Å². The first-order chi connectivity index (χ1) is 10.1. The van der Waals surface area contributed by atoms with Crippen molar-refractivity contribution in [3.05, 3.63) is 58.1 Å². The van der Waals surface area contributed by atoms with Crippen molar-refractivity contribution in [1.29, 1.82) is 5.26 Å². The lowest BCUT2D eigenvalue weighted by Crippen LogP contribution is -2.26. The molecule has 0 atom stereocenters. The third-order valence-electron chi connectivity index (χ3n) is 3.08. The van der Waals surface area contributed by atoms with E-state index >= 15 is 0 Å². The summed E-state index contributed by atoms with van der Waals surface area (Å²) >= 11 is 3.35. The first-order valence-electron chi connectivity index (χ1n) is 6.18. The van der Waals surface area contributed by atoms with Crippen molar-refractivity contribution in [3.63, 3.8) is 0 Å². The molecule has 1 amide bonds. The molecule has 0 N–H and O–H groups in total. The Balaban J connectivity index is 2.32. The van der Waals surface area contributed by atoms with Gasteiger partial charge in [-0.3, -0.25) is 4.79 Å². The summed E-state index contributed by atoms with van der Waals surface area (Å²) in [7, 11) is 3.21. The number of methoxy groups -OCH3 is 1. The topological polar surface area (TPSA) is 53.3 Å². The van der Waals surface area contributed by atoms with E-state index in [0.29, 0.717) is 22.6 Å². The molecule has 0 aliphatic rings. The molecule has 0 aliphatic carbocycles. The Morgan fingerprint density at radius 2 is 1.90 bits per heavy atom. The number of rotatable bonds is 3. The van der Waals surface area contributed by atoms with Crippen molar-refractivity contribution in [2.45, 2.75) is 0 Å². The van der Waals surface area contributed by atoms with E-state index in [2.05, 4.69) is 15.9 Å². The number of benzene rings is 2. The Morgan fingerprint density at radius 3 is 2.48 bits per heavy atom. The van der Waals surface area contributed by atoms with E-state index in [1.165, 1.54) is 12.0 Å². The number of amides is 1. The van der Waals surface area contributed by atoms with Crippen LogP contribution >= 0.6 is 15.9 Å². The Hall–Kier alpha value is -2.32. The van der Waals surface area contributed by atoms with Crippen molar-refractivity contribution in [1.82, 2.24) is 0 Å². The second-order valence-corrected chi connectivity index (χ2v) is 5.28. The lowest BCUT2D eigenvalue weighted by molar-refractivity contribution is 0.0990. The molecule has 2 aromatic carbocycles. The molecule has 0 fully saturated rings. The van der Waals surface area contributed by atoms with Crippen LogP contribution < -0.4 is 9.64 Å². The van der Waals surface area contributed by atoms with Crippen molar-refractivity contribution in [3.8, 4) is 11.8 Å². The summed E-state index contributed by atoms with van der Waals surface area (Å²) in [5.41, 5.74) is 1.75. The maximum Gasteiger partial charge on any atom is 0.261 e. The second kappa shape index (κ2) is 6.42. The van der Waals surface area contributed by atoms with Crippen LogP contribution in [0.4, 0.5) is 5.69 Å². The largest absolute Gasteiger partial charge is 0.496 e. The normalized spacial score (nSPS) is 9.81. The summed E-state index contributed by atoms with van der Waals surface area (Å²) in [6.45, 7) is 0. The van der Waals surface area contributed by atoms with Gasteiger partial charge in [0.05, 0.1) is 24.3 Å². The fourth-order valence-electron chi connectivity index (χ4n) is 1.90. The van der Waals surface area contributed by atoms with Gasteiger partial charge in [-0.25, -0.2) is 0 Å². The Kier molecular flexibility index (Phi) is 4.61. The summed E-state index contributed by atoms with van der Waals surface area (Å²) in [5, 5.41) is 8.80. The number of ether oxygens (including phenoxy) is 1. The summed E-state index contributed by atoms with van der Waals surface area (Å²) in [5.74, 6) is 0.332. The summed E-state index contributed by atoms with van der Waals surface area (Å²) in [4.78, 5) is 14.1. The molecular weight excluding hydrogens is 332 g/mol. The first-order valence-corrected chi connectivity index (χ1v) is 6.98. The summed E-state index contributed by atoms with van der Waals surface area (Å²) in [6, 6.07) is 14.1. The second-order valence-electron chi connectivity index (χ2n) is 4.37. The number of nitrogens with zero attached hydrogens (tertiary/aromatic N) is 2. The number of carbonyl (C=O) groups is 1. The van der Waals surface area contributed by atoms with Crippen molar-refractivity contribution >= 4 is 27.5 Å². The molecule has 0 spiro atoms. The van der Waals surface area contributed by atoms with E-state index in [0.717, 1.165) is 4.47 Å². The van der Waals surface area contributed by atoms with Gasteiger partial charge >= 0.3 is 0 Å². The molecule has 0 unspecified atom stereocenters. The van der Waals surface area contributed by atoms with Crippen LogP contribution in [-0.4, -0.2) is 20.1 Å². The number of anilines is 1. The van der Waals surface area contributed by atoms with Crippen LogP contribution in [0.5, 0.6) is 5.75 Å². The van der Waals surface area contributed by atoms with E-state index in [1.54, 1.807) is 49.5 Å². The van der Waals surface area contributed by atoms with Gasteiger partial charge in [-0.2, -0.15) is 5.26 Å². The van der Waals surface area contributed by atoms with Gasteiger partial charge in [0.15, 0.2) is 0 Å². The molecule has 0 aliphatic heterocycles. The monoisotopic (exact) mass is 344 g/mol. The highest BCUT2D eigenvalue weighted by Gasteiger charge is 2.18. The van der Waals surface area contributed by atoms with Crippen molar-refractivity contribution in [2.24, 2.45) is 0 Å². The van der Waals surface area contributed by atoms with Crippen LogP contribution in [0.3, 0.4) is 0 Å². The first kappa shape index (κ1) is 15.1. The average molecular weight is 345 g/mol. The zero-order valence-electron chi connectivity index (χ0n) is 11.6. The van der Waals surface area contributed by atoms with Crippen LogP contribution in [0.1, 0.15) is 15.9 Å². The van der Waals surface area contributed by atoms with Crippen LogP contribution in [0, 0.1) is 11.3 Å². The predicted molar refractivity (Wildman–Crippen MR) is 84.6 cm³/mol. The summed E-state index contributed by atoms with van der Waals surface area (Å²) < 4.78 is 6.09. The fraction of sp³-hybridized carbons (Fsp3) is 0.125. The van der Waals surface area contributed by atoms with Gasteiger partial charge in [0.25, 0.3) is 5.91 Å². The molecule has 106 valence electrons. The highest BCUT2D eigenvalue weighted by atomic mass is 79.9. The highest BCUT2D eigenvalue weighted by Crippen LogP contribution is 2.26. The molecule has 0 saturated heterocycles. The van der Waals surface area contributed by atoms with Crippen molar-refractivity contribution < 1.29 is 9.53 Å². The van der Waals surface area contributed by atoms with Gasteiger partial charge in [0.1, 0.15) is 5.75 Å². The van der Waals surface area contributed by atoms with Gasteiger partial charge in [-0.1, -0.05) is 15.9 Å². The third-order valence-corrected chi connectivity index (χ3v) is 3.58. The van der Waals surface area contributed by atoms with Gasteiger partial charge in [-0.05, 0) is 42.5 Å². The molecular formula is C16H13BrN2O2. The highest BCUT2D eigenvalue weighted by molar-refractivity contribution is 9.10. The van der Waals surface area contributed by atoms with E-state index in [4.69, 9.17) is 10.00 Å². The van der Waals surface area contributed by atoms with E-state index in [9.17, 15) is 4.79 Å². The predicted octanol–water partition coefficient (Wildman–Crippen LogP) is 3.61. The van der Waals surface area contributed by atoms with Crippen LogP contribution in [0.2, 0.25) is 0 Å². The van der Waals surface area contributed by atoms with Crippen LogP contribution in [-0.2, 0) is 0 Å². The molecule has 5 heteroatoms. The van der Waals surface area contributed by atoms with Crippen LogP contribution in [0.25, 0.3) is 0 Å². The Morgan fingerprint density at radius 1 is 1.24 bits per heavy atom. The maximum atomic E-state index is 12.6. The lowest BCUT2D eigenvalue weighted by atomic mass is 10.1. The molecule has 2 aromatic rings. The number of hydrogen-bond acceptors (Lipinski definition) is 3. The standard InChI is InChI=1S/C16H13BrN2O2/c1-19(13-6-3-11(10-18)4-7-13)16(20)14-8-5-12(17)9-15(14)21-2/h3-9H,1-2H3. The SMILES string of the molecule is COc1cc(Br)ccc1C(=O)N(C)c1ccc(C#N)cc1. The minimum atomic E-state index is -0.177. The maximum absolute atomic E-state index is 12.6. The molecule has 0 aromatic heterocycles. The molecule has 0 radical (unpaired) electrons.